The fourth-order valence-corrected chi connectivity index (χ4v) is 2.64. The molecule has 5 heteroatoms. The molecule has 3 rings (SSSR count). The summed E-state index contributed by atoms with van der Waals surface area (Å²) >= 11 is 3.59. The zero-order valence-corrected chi connectivity index (χ0v) is 13.4. The molecule has 0 bridgehead atoms. The maximum Gasteiger partial charge on any atom is 0.229 e. The molecule has 0 amide bonds. The van der Waals surface area contributed by atoms with E-state index in [1.165, 1.54) is 5.39 Å². The second-order valence-electron chi connectivity index (χ2n) is 5.09. The van der Waals surface area contributed by atoms with E-state index >= 15 is 0 Å². The summed E-state index contributed by atoms with van der Waals surface area (Å²) in [5.41, 5.74) is 0. The van der Waals surface area contributed by atoms with Crippen LogP contribution in [0.1, 0.15) is 31.5 Å². The van der Waals surface area contributed by atoms with E-state index in [4.69, 9.17) is 9.26 Å². The number of ether oxygens (including phenoxy) is 1. The maximum absolute atomic E-state index is 5.79. The molecule has 3 aromatic rings. The largest absolute Gasteiger partial charge is 0.484 e. The van der Waals surface area contributed by atoms with Crippen LogP contribution >= 0.6 is 15.9 Å². The lowest BCUT2D eigenvalue weighted by molar-refractivity contribution is 0.283. The second kappa shape index (κ2) is 5.85. The Balaban J connectivity index is 1.80. The topological polar surface area (TPSA) is 48.2 Å². The van der Waals surface area contributed by atoms with Crippen molar-refractivity contribution < 1.29 is 9.26 Å². The molecule has 4 nitrogen and oxygen atoms in total. The van der Waals surface area contributed by atoms with Gasteiger partial charge in [-0.1, -0.05) is 49.3 Å². The van der Waals surface area contributed by atoms with Crippen molar-refractivity contribution in [1.29, 1.82) is 0 Å². The third-order valence-corrected chi connectivity index (χ3v) is 3.98. The SMILES string of the molecule is CC(C)c1nc(COc2ccc3ccccc3c2Br)no1. The number of fused-ring (bicyclic) bond motifs is 1. The molecule has 0 aliphatic carbocycles. The molecular formula is C16H15BrN2O2. The predicted molar refractivity (Wildman–Crippen MR) is 84.4 cm³/mol. The molecule has 0 fully saturated rings. The summed E-state index contributed by atoms with van der Waals surface area (Å²) in [6.45, 7) is 4.31. The molecule has 0 spiro atoms. The van der Waals surface area contributed by atoms with Crippen molar-refractivity contribution >= 4 is 26.7 Å². The zero-order valence-electron chi connectivity index (χ0n) is 11.8. The van der Waals surface area contributed by atoms with Gasteiger partial charge in [0.05, 0.1) is 4.47 Å². The first-order chi connectivity index (χ1) is 10.1. The normalized spacial score (nSPS) is 11.2. The fraction of sp³-hybridized carbons (Fsp3) is 0.250. The van der Waals surface area contributed by atoms with Gasteiger partial charge in [-0.25, -0.2) is 0 Å². The minimum Gasteiger partial charge on any atom is -0.484 e. The van der Waals surface area contributed by atoms with Crippen LogP contribution in [0.25, 0.3) is 10.8 Å². The summed E-state index contributed by atoms with van der Waals surface area (Å²) in [6.07, 6.45) is 0. The van der Waals surface area contributed by atoms with Gasteiger partial charge >= 0.3 is 0 Å². The van der Waals surface area contributed by atoms with Gasteiger partial charge in [-0.3, -0.25) is 0 Å². The predicted octanol–water partition coefficient (Wildman–Crippen LogP) is 4.69. The number of halogens is 1. The highest BCUT2D eigenvalue weighted by molar-refractivity contribution is 9.10. The van der Waals surface area contributed by atoms with Crippen molar-refractivity contribution in [3.8, 4) is 5.75 Å². The van der Waals surface area contributed by atoms with Crippen molar-refractivity contribution in [3.05, 3.63) is 52.6 Å². The Morgan fingerprint density at radius 2 is 2.00 bits per heavy atom. The van der Waals surface area contributed by atoms with Crippen molar-refractivity contribution in [2.24, 2.45) is 0 Å². The molecule has 0 aliphatic heterocycles. The Hall–Kier alpha value is -1.88. The van der Waals surface area contributed by atoms with E-state index in [9.17, 15) is 0 Å². The first-order valence-electron chi connectivity index (χ1n) is 6.77. The zero-order chi connectivity index (χ0) is 14.8. The van der Waals surface area contributed by atoms with Gasteiger partial charge in [0.2, 0.25) is 11.7 Å². The Labute approximate surface area is 131 Å². The van der Waals surface area contributed by atoms with Crippen molar-refractivity contribution in [1.82, 2.24) is 10.1 Å². The molecule has 0 radical (unpaired) electrons. The smallest absolute Gasteiger partial charge is 0.229 e. The molecule has 0 aliphatic rings. The van der Waals surface area contributed by atoms with Gasteiger partial charge in [0, 0.05) is 5.92 Å². The average Bonchev–Trinajstić information content (AvgIpc) is 2.96. The van der Waals surface area contributed by atoms with Gasteiger partial charge in [0.15, 0.2) is 6.61 Å². The molecule has 0 N–H and O–H groups in total. The summed E-state index contributed by atoms with van der Waals surface area (Å²) in [6, 6.07) is 12.1. The van der Waals surface area contributed by atoms with E-state index in [-0.39, 0.29) is 12.5 Å². The number of hydrogen-bond acceptors (Lipinski definition) is 4. The number of hydrogen-bond donors (Lipinski definition) is 0. The quantitative estimate of drug-likeness (QED) is 0.687. The summed E-state index contributed by atoms with van der Waals surface area (Å²) < 4.78 is 11.9. The minimum absolute atomic E-state index is 0.221. The number of benzene rings is 2. The Morgan fingerprint density at radius 1 is 1.19 bits per heavy atom. The second-order valence-corrected chi connectivity index (χ2v) is 5.88. The highest BCUT2D eigenvalue weighted by Gasteiger charge is 2.11. The summed E-state index contributed by atoms with van der Waals surface area (Å²) in [4.78, 5) is 4.30. The van der Waals surface area contributed by atoms with Crippen LogP contribution < -0.4 is 4.74 Å². The number of nitrogens with zero attached hydrogens (tertiary/aromatic N) is 2. The van der Waals surface area contributed by atoms with Gasteiger partial charge in [-0.05, 0) is 32.8 Å². The van der Waals surface area contributed by atoms with Crippen LogP contribution in [-0.2, 0) is 6.61 Å². The van der Waals surface area contributed by atoms with Crippen molar-refractivity contribution in [2.75, 3.05) is 0 Å². The summed E-state index contributed by atoms with van der Waals surface area (Å²) in [5, 5.41) is 6.20. The van der Waals surface area contributed by atoms with E-state index in [0.717, 1.165) is 15.6 Å². The van der Waals surface area contributed by atoms with E-state index in [1.54, 1.807) is 0 Å². The molecule has 0 atom stereocenters. The highest BCUT2D eigenvalue weighted by atomic mass is 79.9. The molecule has 0 saturated carbocycles. The molecule has 2 aromatic carbocycles. The average molecular weight is 347 g/mol. The third kappa shape index (κ3) is 2.93. The van der Waals surface area contributed by atoms with Crippen LogP contribution in [-0.4, -0.2) is 10.1 Å². The number of rotatable bonds is 4. The molecule has 108 valence electrons. The Bertz CT molecular complexity index is 768. The highest BCUT2D eigenvalue weighted by Crippen LogP contribution is 2.33. The van der Waals surface area contributed by atoms with Gasteiger partial charge < -0.3 is 9.26 Å². The van der Waals surface area contributed by atoms with Crippen LogP contribution in [0.4, 0.5) is 0 Å². The van der Waals surface area contributed by atoms with Crippen LogP contribution in [0, 0.1) is 0 Å². The molecule has 0 saturated heterocycles. The van der Waals surface area contributed by atoms with Gasteiger partial charge in [0.25, 0.3) is 0 Å². The number of aromatic nitrogens is 2. The minimum atomic E-state index is 0.221. The van der Waals surface area contributed by atoms with Crippen LogP contribution in [0.3, 0.4) is 0 Å². The lowest BCUT2D eigenvalue weighted by atomic mass is 10.1. The summed E-state index contributed by atoms with van der Waals surface area (Å²) in [7, 11) is 0. The van der Waals surface area contributed by atoms with Gasteiger partial charge in [0.1, 0.15) is 5.75 Å². The van der Waals surface area contributed by atoms with E-state index < -0.39 is 0 Å². The van der Waals surface area contributed by atoms with Crippen molar-refractivity contribution in [2.45, 2.75) is 26.4 Å². The molecule has 1 aromatic heterocycles. The first kappa shape index (κ1) is 14.1. The van der Waals surface area contributed by atoms with Crippen LogP contribution in [0.15, 0.2) is 45.4 Å². The lowest BCUT2D eigenvalue weighted by Gasteiger charge is -2.08. The van der Waals surface area contributed by atoms with E-state index in [0.29, 0.717) is 11.7 Å². The maximum atomic E-state index is 5.79. The van der Waals surface area contributed by atoms with Gasteiger partial charge in [-0.2, -0.15) is 4.98 Å². The Morgan fingerprint density at radius 3 is 2.76 bits per heavy atom. The monoisotopic (exact) mass is 346 g/mol. The fourth-order valence-electron chi connectivity index (χ4n) is 2.03. The first-order valence-corrected chi connectivity index (χ1v) is 7.57. The third-order valence-electron chi connectivity index (χ3n) is 3.16. The molecule has 1 heterocycles. The lowest BCUT2D eigenvalue weighted by Crippen LogP contribution is -1.99. The van der Waals surface area contributed by atoms with Gasteiger partial charge in [-0.15, -0.1) is 0 Å². The summed E-state index contributed by atoms with van der Waals surface area (Å²) in [5.74, 6) is 2.17. The van der Waals surface area contributed by atoms with E-state index in [2.05, 4.69) is 38.2 Å². The molecular weight excluding hydrogens is 332 g/mol. The Kier molecular flexibility index (Phi) is 3.92. The van der Waals surface area contributed by atoms with Crippen LogP contribution in [0.5, 0.6) is 5.75 Å². The van der Waals surface area contributed by atoms with Crippen molar-refractivity contribution in [3.63, 3.8) is 0 Å². The standard InChI is InChI=1S/C16H15BrN2O2/c1-10(2)16-18-14(19-21-16)9-20-13-8-7-11-5-3-4-6-12(11)15(13)17/h3-8,10H,9H2,1-2H3. The van der Waals surface area contributed by atoms with E-state index in [1.807, 2.05) is 38.1 Å². The molecule has 21 heavy (non-hydrogen) atoms. The molecule has 0 unspecified atom stereocenters. The van der Waals surface area contributed by atoms with Crippen LogP contribution in [0.2, 0.25) is 0 Å².